The van der Waals surface area contributed by atoms with Gasteiger partial charge in [-0.1, -0.05) is 30.3 Å². The van der Waals surface area contributed by atoms with Crippen LogP contribution in [-0.2, 0) is 10.9 Å². The molecule has 1 aromatic carbocycles. The molecule has 0 radical (unpaired) electrons. The zero-order valence-corrected chi connectivity index (χ0v) is 12.5. The first kappa shape index (κ1) is 16.0. The second kappa shape index (κ2) is 5.95. The first-order chi connectivity index (χ1) is 11.4. The van der Waals surface area contributed by atoms with Crippen molar-refractivity contribution in [2.45, 2.75) is 13.1 Å². The van der Waals surface area contributed by atoms with E-state index in [4.69, 9.17) is 4.74 Å². The minimum atomic E-state index is -4.65. The molecule has 0 atom stereocenters. The van der Waals surface area contributed by atoms with Crippen LogP contribution in [0, 0.1) is 0 Å². The molecule has 8 heteroatoms. The minimum absolute atomic E-state index is 0.0771. The largest absolute Gasteiger partial charge is 0.461 e. The Morgan fingerprint density at radius 2 is 1.92 bits per heavy atom. The number of ether oxygens (including phenoxy) is 1. The molecule has 0 unspecified atom stereocenters. The maximum absolute atomic E-state index is 13.4. The number of rotatable bonds is 3. The summed E-state index contributed by atoms with van der Waals surface area (Å²) < 4.78 is 45.5. The summed E-state index contributed by atoms with van der Waals surface area (Å²) in [4.78, 5) is 15.9. The van der Waals surface area contributed by atoms with E-state index in [9.17, 15) is 18.0 Å². The van der Waals surface area contributed by atoms with Crippen molar-refractivity contribution in [1.29, 1.82) is 0 Å². The van der Waals surface area contributed by atoms with Crippen LogP contribution in [0.15, 0.2) is 42.5 Å². The van der Waals surface area contributed by atoms with Crippen molar-refractivity contribution in [2.75, 3.05) is 6.61 Å². The smallest absolute Gasteiger partial charge is 0.433 e. The number of nitrogens with zero attached hydrogens (tertiary/aromatic N) is 3. The van der Waals surface area contributed by atoms with Crippen LogP contribution in [0.3, 0.4) is 0 Å². The molecule has 0 saturated heterocycles. The average Bonchev–Trinajstić information content (AvgIpc) is 2.98. The number of hydrogen-bond donors (Lipinski definition) is 0. The summed E-state index contributed by atoms with van der Waals surface area (Å²) in [6.45, 7) is 1.70. The van der Waals surface area contributed by atoms with Crippen LogP contribution in [0.5, 0.6) is 0 Å². The van der Waals surface area contributed by atoms with E-state index in [1.54, 1.807) is 37.3 Å². The molecule has 0 aliphatic rings. The highest BCUT2D eigenvalue weighted by Gasteiger charge is 2.35. The second-order valence-electron chi connectivity index (χ2n) is 4.91. The van der Waals surface area contributed by atoms with Crippen molar-refractivity contribution >= 4 is 11.6 Å². The van der Waals surface area contributed by atoms with Crippen LogP contribution in [0.25, 0.3) is 16.9 Å². The minimum Gasteiger partial charge on any atom is -0.461 e. The number of halogens is 3. The lowest BCUT2D eigenvalue weighted by molar-refractivity contribution is -0.142. The van der Waals surface area contributed by atoms with Gasteiger partial charge >= 0.3 is 12.1 Å². The van der Waals surface area contributed by atoms with Gasteiger partial charge in [0.25, 0.3) is 0 Å². The van der Waals surface area contributed by atoms with E-state index in [0.29, 0.717) is 10.1 Å². The quantitative estimate of drug-likeness (QED) is 0.687. The molecule has 5 nitrogen and oxygen atoms in total. The molecule has 0 fully saturated rings. The SMILES string of the molecule is CCOC(=O)c1cc2nc(-c3ccccc3)cc(C(F)(F)F)n2n1. The summed E-state index contributed by atoms with van der Waals surface area (Å²) in [6.07, 6.45) is -4.65. The van der Waals surface area contributed by atoms with Crippen LogP contribution >= 0.6 is 0 Å². The monoisotopic (exact) mass is 335 g/mol. The van der Waals surface area contributed by atoms with Crippen molar-refractivity contribution in [2.24, 2.45) is 0 Å². The Balaban J connectivity index is 2.22. The van der Waals surface area contributed by atoms with Gasteiger partial charge < -0.3 is 4.74 Å². The lowest BCUT2D eigenvalue weighted by Gasteiger charge is -2.10. The molecule has 0 spiro atoms. The molecule has 0 N–H and O–H groups in total. The predicted molar refractivity (Wildman–Crippen MR) is 79.4 cm³/mol. The molecule has 3 rings (SSSR count). The number of hydrogen-bond acceptors (Lipinski definition) is 4. The van der Waals surface area contributed by atoms with E-state index in [0.717, 1.165) is 6.07 Å². The third-order valence-electron chi connectivity index (χ3n) is 3.27. The van der Waals surface area contributed by atoms with E-state index < -0.39 is 17.8 Å². The number of carbonyl (C=O) groups excluding carboxylic acids is 1. The van der Waals surface area contributed by atoms with E-state index in [1.807, 2.05) is 0 Å². The van der Waals surface area contributed by atoms with Gasteiger partial charge in [-0.15, -0.1) is 0 Å². The van der Waals surface area contributed by atoms with Crippen LogP contribution in [-0.4, -0.2) is 27.2 Å². The Morgan fingerprint density at radius 3 is 2.54 bits per heavy atom. The third kappa shape index (κ3) is 2.94. The summed E-state index contributed by atoms with van der Waals surface area (Å²) in [5.74, 6) is -0.794. The topological polar surface area (TPSA) is 56.5 Å². The van der Waals surface area contributed by atoms with Crippen LogP contribution in [0.4, 0.5) is 13.2 Å². The number of benzene rings is 1. The Labute approximate surface area is 134 Å². The summed E-state index contributed by atoms with van der Waals surface area (Å²) in [5.41, 5.74) is -0.635. The fourth-order valence-corrected chi connectivity index (χ4v) is 2.24. The van der Waals surface area contributed by atoms with Gasteiger partial charge in [0.05, 0.1) is 12.3 Å². The number of fused-ring (bicyclic) bond motifs is 1. The Bertz CT molecular complexity index is 889. The molecule has 0 bridgehead atoms. The van der Waals surface area contributed by atoms with Crippen molar-refractivity contribution in [1.82, 2.24) is 14.6 Å². The van der Waals surface area contributed by atoms with Gasteiger partial charge in [0.15, 0.2) is 17.0 Å². The summed E-state index contributed by atoms with van der Waals surface area (Å²) in [6, 6.07) is 10.6. The fraction of sp³-hybridized carbons (Fsp3) is 0.188. The van der Waals surface area contributed by atoms with Crippen LogP contribution in [0.2, 0.25) is 0 Å². The maximum Gasteiger partial charge on any atom is 0.433 e. The molecule has 0 saturated carbocycles. The highest BCUT2D eigenvalue weighted by atomic mass is 19.4. The lowest BCUT2D eigenvalue weighted by atomic mass is 10.1. The van der Waals surface area contributed by atoms with E-state index in [-0.39, 0.29) is 23.6 Å². The van der Waals surface area contributed by atoms with E-state index >= 15 is 0 Å². The second-order valence-corrected chi connectivity index (χ2v) is 4.91. The predicted octanol–water partition coefficient (Wildman–Crippen LogP) is 3.59. The maximum atomic E-state index is 13.4. The highest BCUT2D eigenvalue weighted by Crippen LogP contribution is 2.32. The van der Waals surface area contributed by atoms with Crippen molar-refractivity contribution < 1.29 is 22.7 Å². The molecule has 124 valence electrons. The fourth-order valence-electron chi connectivity index (χ4n) is 2.24. The van der Waals surface area contributed by atoms with Gasteiger partial charge in [-0.25, -0.2) is 14.3 Å². The van der Waals surface area contributed by atoms with Crippen LogP contribution in [0.1, 0.15) is 23.1 Å². The normalized spacial score (nSPS) is 11.7. The first-order valence-corrected chi connectivity index (χ1v) is 7.10. The average molecular weight is 335 g/mol. The molecule has 3 aromatic rings. The highest BCUT2D eigenvalue weighted by molar-refractivity contribution is 5.88. The zero-order valence-electron chi connectivity index (χ0n) is 12.5. The van der Waals surface area contributed by atoms with Crippen molar-refractivity contribution in [3.63, 3.8) is 0 Å². The first-order valence-electron chi connectivity index (χ1n) is 7.10. The third-order valence-corrected chi connectivity index (χ3v) is 3.27. The Kier molecular flexibility index (Phi) is 3.96. The summed E-state index contributed by atoms with van der Waals surface area (Å²) >= 11 is 0. The zero-order chi connectivity index (χ0) is 17.3. The Morgan fingerprint density at radius 1 is 1.21 bits per heavy atom. The number of carbonyl (C=O) groups is 1. The van der Waals surface area contributed by atoms with Gasteiger partial charge in [0.2, 0.25) is 0 Å². The van der Waals surface area contributed by atoms with Gasteiger partial charge in [-0.2, -0.15) is 18.3 Å². The molecular formula is C16H12F3N3O2. The van der Waals surface area contributed by atoms with Crippen molar-refractivity contribution in [3.05, 3.63) is 53.9 Å². The van der Waals surface area contributed by atoms with E-state index in [1.165, 1.54) is 6.07 Å². The molecular weight excluding hydrogens is 323 g/mol. The van der Waals surface area contributed by atoms with Gasteiger partial charge in [-0.3, -0.25) is 0 Å². The van der Waals surface area contributed by atoms with Crippen LogP contribution < -0.4 is 0 Å². The molecule has 0 amide bonds. The number of esters is 1. The molecule has 2 heterocycles. The molecule has 24 heavy (non-hydrogen) atoms. The lowest BCUT2D eigenvalue weighted by Crippen LogP contribution is -2.14. The number of alkyl halides is 3. The van der Waals surface area contributed by atoms with Crippen molar-refractivity contribution in [3.8, 4) is 11.3 Å². The molecule has 0 aliphatic carbocycles. The van der Waals surface area contributed by atoms with Gasteiger partial charge in [-0.05, 0) is 13.0 Å². The Hall–Kier alpha value is -2.90. The summed E-state index contributed by atoms with van der Waals surface area (Å²) in [7, 11) is 0. The van der Waals surface area contributed by atoms with Gasteiger partial charge in [0.1, 0.15) is 0 Å². The molecule has 2 aromatic heterocycles. The number of aromatic nitrogens is 3. The van der Waals surface area contributed by atoms with Gasteiger partial charge in [0, 0.05) is 11.6 Å². The van der Waals surface area contributed by atoms with E-state index in [2.05, 4.69) is 10.1 Å². The molecule has 0 aliphatic heterocycles. The standard InChI is InChI=1S/C16H12F3N3O2/c1-2-24-15(23)12-9-14-20-11(10-6-4-3-5-7-10)8-13(16(17,18)19)22(14)21-12/h3-9H,2H2,1H3. The summed E-state index contributed by atoms with van der Waals surface area (Å²) in [5, 5.41) is 3.69.